The van der Waals surface area contributed by atoms with Crippen LogP contribution in [-0.4, -0.2) is 51.8 Å². The van der Waals surface area contributed by atoms with E-state index in [4.69, 9.17) is 5.73 Å². The lowest BCUT2D eigenvalue weighted by atomic mass is 10.2. The molecule has 2 aromatic rings. The van der Waals surface area contributed by atoms with E-state index in [-0.39, 0.29) is 5.91 Å². The monoisotopic (exact) mass is 286 g/mol. The quantitative estimate of drug-likeness (QED) is 0.862. The molecule has 2 N–H and O–H groups in total. The van der Waals surface area contributed by atoms with Crippen LogP contribution in [0.5, 0.6) is 0 Å². The first-order chi connectivity index (χ1) is 10.1. The van der Waals surface area contributed by atoms with Crippen molar-refractivity contribution in [3.8, 4) is 0 Å². The van der Waals surface area contributed by atoms with Gasteiger partial charge in [0.2, 0.25) is 0 Å². The normalized spacial score (nSPS) is 15.3. The van der Waals surface area contributed by atoms with Gasteiger partial charge in [-0.2, -0.15) is 5.10 Å². The fraction of sp³-hybridized carbons (Fsp3) is 0.357. The molecule has 1 amide bonds. The minimum Gasteiger partial charge on any atom is -0.384 e. The Morgan fingerprint density at radius 1 is 1.19 bits per heavy atom. The SMILES string of the molecule is Cn1ccc(C(=O)N2CCN(c3ccc(N)nc3)CC2)n1. The number of aromatic nitrogens is 3. The maximum absolute atomic E-state index is 12.3. The molecule has 1 aliphatic heterocycles. The molecular weight excluding hydrogens is 268 g/mol. The van der Waals surface area contributed by atoms with Gasteiger partial charge in [0.15, 0.2) is 0 Å². The van der Waals surface area contributed by atoms with Gasteiger partial charge in [0.25, 0.3) is 5.91 Å². The van der Waals surface area contributed by atoms with Gasteiger partial charge in [0.1, 0.15) is 11.5 Å². The molecule has 0 saturated carbocycles. The summed E-state index contributed by atoms with van der Waals surface area (Å²) in [6.45, 7) is 2.92. The third kappa shape index (κ3) is 2.81. The molecule has 0 aliphatic carbocycles. The second-order valence-electron chi connectivity index (χ2n) is 5.10. The number of nitrogens with two attached hydrogens (primary N) is 1. The number of rotatable bonds is 2. The van der Waals surface area contributed by atoms with Crippen LogP contribution in [0.3, 0.4) is 0 Å². The molecule has 2 aromatic heterocycles. The first-order valence-corrected chi connectivity index (χ1v) is 6.89. The summed E-state index contributed by atoms with van der Waals surface area (Å²) in [5, 5.41) is 4.16. The van der Waals surface area contributed by atoms with Crippen LogP contribution >= 0.6 is 0 Å². The van der Waals surface area contributed by atoms with Crippen LogP contribution in [0.25, 0.3) is 0 Å². The Hall–Kier alpha value is -2.57. The van der Waals surface area contributed by atoms with Gasteiger partial charge in [0, 0.05) is 39.4 Å². The van der Waals surface area contributed by atoms with Crippen LogP contribution in [-0.2, 0) is 7.05 Å². The summed E-state index contributed by atoms with van der Waals surface area (Å²) in [7, 11) is 1.81. The molecule has 1 aliphatic rings. The highest BCUT2D eigenvalue weighted by atomic mass is 16.2. The van der Waals surface area contributed by atoms with Gasteiger partial charge in [-0.3, -0.25) is 9.48 Å². The van der Waals surface area contributed by atoms with E-state index >= 15 is 0 Å². The van der Waals surface area contributed by atoms with Gasteiger partial charge in [-0.1, -0.05) is 0 Å². The van der Waals surface area contributed by atoms with Crippen molar-refractivity contribution in [2.75, 3.05) is 36.8 Å². The average molecular weight is 286 g/mol. The number of carbonyl (C=O) groups is 1. The minimum absolute atomic E-state index is 0.00863. The van der Waals surface area contributed by atoms with Gasteiger partial charge in [0.05, 0.1) is 11.9 Å². The van der Waals surface area contributed by atoms with E-state index in [0.717, 1.165) is 18.8 Å². The van der Waals surface area contributed by atoms with E-state index in [2.05, 4.69) is 15.0 Å². The number of nitrogen functional groups attached to an aromatic ring is 1. The summed E-state index contributed by atoms with van der Waals surface area (Å²) in [6, 6.07) is 5.50. The van der Waals surface area contributed by atoms with Crippen molar-refractivity contribution in [3.05, 3.63) is 36.3 Å². The summed E-state index contributed by atoms with van der Waals surface area (Å²) in [6.07, 6.45) is 3.55. The maximum atomic E-state index is 12.3. The Balaban J connectivity index is 1.62. The molecule has 3 heterocycles. The van der Waals surface area contributed by atoms with Crippen LogP contribution < -0.4 is 10.6 Å². The first-order valence-electron chi connectivity index (χ1n) is 6.89. The van der Waals surface area contributed by atoms with Crippen molar-refractivity contribution in [3.63, 3.8) is 0 Å². The number of anilines is 2. The molecule has 3 rings (SSSR count). The van der Waals surface area contributed by atoms with Crippen LogP contribution in [0, 0.1) is 0 Å². The molecule has 110 valence electrons. The van der Waals surface area contributed by atoms with Gasteiger partial charge in [-0.15, -0.1) is 0 Å². The molecule has 0 spiro atoms. The molecule has 1 saturated heterocycles. The fourth-order valence-corrected chi connectivity index (χ4v) is 2.44. The fourth-order valence-electron chi connectivity index (χ4n) is 2.44. The van der Waals surface area contributed by atoms with Gasteiger partial charge >= 0.3 is 0 Å². The molecule has 1 fully saturated rings. The third-order valence-electron chi connectivity index (χ3n) is 3.64. The van der Waals surface area contributed by atoms with Crippen LogP contribution in [0.1, 0.15) is 10.5 Å². The molecule has 21 heavy (non-hydrogen) atoms. The lowest BCUT2D eigenvalue weighted by molar-refractivity contribution is 0.0740. The van der Waals surface area contributed by atoms with Crippen molar-refractivity contribution in [1.82, 2.24) is 19.7 Å². The van der Waals surface area contributed by atoms with Crippen molar-refractivity contribution < 1.29 is 4.79 Å². The van der Waals surface area contributed by atoms with Crippen LogP contribution in [0.15, 0.2) is 30.6 Å². The highest BCUT2D eigenvalue weighted by molar-refractivity contribution is 5.92. The summed E-state index contributed by atoms with van der Waals surface area (Å²) >= 11 is 0. The molecule has 7 nitrogen and oxygen atoms in total. The average Bonchev–Trinajstić information content (AvgIpc) is 2.94. The largest absolute Gasteiger partial charge is 0.384 e. The second-order valence-corrected chi connectivity index (χ2v) is 5.10. The Morgan fingerprint density at radius 3 is 2.52 bits per heavy atom. The molecular formula is C14H18N6O. The Morgan fingerprint density at radius 2 is 1.95 bits per heavy atom. The lowest BCUT2D eigenvalue weighted by Crippen LogP contribution is -2.49. The van der Waals surface area contributed by atoms with E-state index in [1.165, 1.54) is 0 Å². The number of hydrogen-bond donors (Lipinski definition) is 1. The van der Waals surface area contributed by atoms with Crippen molar-refractivity contribution in [2.45, 2.75) is 0 Å². The zero-order chi connectivity index (χ0) is 14.8. The van der Waals surface area contributed by atoms with E-state index in [1.807, 2.05) is 18.0 Å². The Labute approximate surface area is 123 Å². The smallest absolute Gasteiger partial charge is 0.274 e. The predicted octanol–water partition coefficient (Wildman–Crippen LogP) is 0.360. The standard InChI is InChI=1S/C14H18N6O/c1-18-5-4-12(17-18)14(21)20-8-6-19(7-9-20)11-2-3-13(15)16-10-11/h2-5,10H,6-9H2,1H3,(H2,15,16). The Bertz CT molecular complexity index is 627. The third-order valence-corrected chi connectivity index (χ3v) is 3.64. The van der Waals surface area contributed by atoms with E-state index < -0.39 is 0 Å². The van der Waals surface area contributed by atoms with Gasteiger partial charge in [-0.25, -0.2) is 4.98 Å². The minimum atomic E-state index is -0.00863. The summed E-state index contributed by atoms with van der Waals surface area (Å²) in [5.41, 5.74) is 7.13. The molecule has 0 bridgehead atoms. The van der Waals surface area contributed by atoms with E-state index in [0.29, 0.717) is 24.6 Å². The molecule has 0 unspecified atom stereocenters. The Kier molecular flexibility index (Phi) is 3.47. The number of pyridine rings is 1. The first kappa shape index (κ1) is 13.4. The topological polar surface area (TPSA) is 80.3 Å². The van der Waals surface area contributed by atoms with Gasteiger partial charge in [-0.05, 0) is 18.2 Å². The zero-order valence-corrected chi connectivity index (χ0v) is 11.9. The number of nitrogens with zero attached hydrogens (tertiary/aromatic N) is 5. The second kappa shape index (κ2) is 5.43. The number of carbonyl (C=O) groups excluding carboxylic acids is 1. The van der Waals surface area contributed by atoms with E-state index in [9.17, 15) is 4.79 Å². The van der Waals surface area contributed by atoms with Crippen molar-refractivity contribution >= 4 is 17.4 Å². The van der Waals surface area contributed by atoms with Crippen LogP contribution in [0.2, 0.25) is 0 Å². The van der Waals surface area contributed by atoms with Gasteiger partial charge < -0.3 is 15.5 Å². The molecule has 0 aromatic carbocycles. The predicted molar refractivity (Wildman–Crippen MR) is 80.0 cm³/mol. The maximum Gasteiger partial charge on any atom is 0.274 e. The zero-order valence-electron chi connectivity index (χ0n) is 11.9. The summed E-state index contributed by atoms with van der Waals surface area (Å²) in [4.78, 5) is 20.4. The molecule has 7 heteroatoms. The number of hydrogen-bond acceptors (Lipinski definition) is 5. The number of aryl methyl sites for hydroxylation is 1. The van der Waals surface area contributed by atoms with Crippen LogP contribution in [0.4, 0.5) is 11.5 Å². The number of amides is 1. The summed E-state index contributed by atoms with van der Waals surface area (Å²) < 4.78 is 1.64. The molecule has 0 radical (unpaired) electrons. The number of piperazine rings is 1. The van der Waals surface area contributed by atoms with Crippen molar-refractivity contribution in [1.29, 1.82) is 0 Å². The highest BCUT2D eigenvalue weighted by Gasteiger charge is 2.23. The molecule has 0 atom stereocenters. The summed E-state index contributed by atoms with van der Waals surface area (Å²) in [5.74, 6) is 0.508. The van der Waals surface area contributed by atoms with Crippen molar-refractivity contribution in [2.24, 2.45) is 7.05 Å². The lowest BCUT2D eigenvalue weighted by Gasteiger charge is -2.35. The van der Waals surface area contributed by atoms with E-state index in [1.54, 1.807) is 29.2 Å². The highest BCUT2D eigenvalue weighted by Crippen LogP contribution is 2.17.